The fourth-order valence-corrected chi connectivity index (χ4v) is 4.64. The second-order valence-electron chi connectivity index (χ2n) is 8.80. The second kappa shape index (κ2) is 10.6. The smallest absolute Gasteiger partial charge is 0.393 e. The molecule has 2 heterocycles. The predicted molar refractivity (Wildman–Crippen MR) is 126 cm³/mol. The van der Waals surface area contributed by atoms with Crippen molar-refractivity contribution in [2.75, 3.05) is 11.9 Å². The van der Waals surface area contributed by atoms with Gasteiger partial charge in [-0.05, 0) is 36.6 Å². The van der Waals surface area contributed by atoms with Crippen molar-refractivity contribution in [3.05, 3.63) is 77.5 Å². The van der Waals surface area contributed by atoms with Crippen LogP contribution in [0, 0.1) is 5.92 Å². The zero-order valence-electron chi connectivity index (χ0n) is 19.3. The van der Waals surface area contributed by atoms with E-state index in [9.17, 15) is 31.5 Å². The predicted octanol–water partition coefficient (Wildman–Crippen LogP) is 2.35. The molecule has 1 aliphatic carbocycles. The molecule has 0 amide bonds. The van der Waals surface area contributed by atoms with Crippen molar-refractivity contribution in [1.29, 1.82) is 0 Å². The first-order valence-corrected chi connectivity index (χ1v) is 12.6. The van der Waals surface area contributed by atoms with Crippen LogP contribution in [0.25, 0.3) is 0 Å². The van der Waals surface area contributed by atoms with Gasteiger partial charge in [0.1, 0.15) is 12.1 Å². The van der Waals surface area contributed by atoms with Gasteiger partial charge >= 0.3 is 16.5 Å². The van der Waals surface area contributed by atoms with Gasteiger partial charge in [-0.1, -0.05) is 12.1 Å². The van der Waals surface area contributed by atoms with E-state index >= 15 is 0 Å². The number of carbonyl (C=O) groups is 1. The molecule has 0 spiro atoms. The molecule has 198 valence electrons. The highest BCUT2D eigenvalue weighted by Gasteiger charge is 2.35. The minimum atomic E-state index is -4.45. The summed E-state index contributed by atoms with van der Waals surface area (Å²) in [5.41, 5.74) is 0.130. The first-order valence-electron chi connectivity index (χ1n) is 11.2. The summed E-state index contributed by atoms with van der Waals surface area (Å²) in [5, 5.41) is 18.2. The summed E-state index contributed by atoms with van der Waals surface area (Å²) < 4.78 is 67.3. The van der Waals surface area contributed by atoms with Crippen LogP contribution in [0.15, 0.2) is 55.2 Å². The molecular formula is C23H24F3N5O5S. The maximum atomic E-state index is 13.2. The van der Waals surface area contributed by atoms with Crippen LogP contribution in [-0.4, -0.2) is 52.6 Å². The molecule has 1 fully saturated rings. The second-order valence-corrected chi connectivity index (χ2v) is 10.0. The van der Waals surface area contributed by atoms with Crippen LogP contribution in [-0.2, 0) is 27.2 Å². The molecule has 3 aromatic rings. The number of halogens is 3. The average molecular weight is 540 g/mol. The standard InChI is InChI=1S/C23H24F3N5O5S/c24-23(25,26)17-3-1-2-14(6-17)10-31-5-4-15(11-31)21(33)19-9-28-13-29-22(19)30-18-7-16(20(32)8-18)12-36-37(27,34)35/h1-6,9,11,13,16,18,20,32H,7-8,10,12H2,(H2,27,34,35)(H,28,29,30)/t16-,18-,20+/m1/s1. The number of anilines is 1. The van der Waals surface area contributed by atoms with Crippen molar-refractivity contribution in [2.45, 2.75) is 37.7 Å². The molecule has 10 nitrogen and oxygen atoms in total. The fourth-order valence-electron chi connectivity index (χ4n) is 4.27. The number of aliphatic hydroxyl groups is 1. The van der Waals surface area contributed by atoms with E-state index in [1.54, 1.807) is 22.9 Å². The molecule has 14 heteroatoms. The van der Waals surface area contributed by atoms with E-state index in [0.29, 0.717) is 12.0 Å². The number of nitrogens with zero attached hydrogens (tertiary/aromatic N) is 3. The minimum Gasteiger partial charge on any atom is -0.393 e. The maximum absolute atomic E-state index is 13.2. The Hall–Kier alpha value is -3.33. The molecule has 4 rings (SSSR count). The third-order valence-corrected chi connectivity index (χ3v) is 6.50. The number of rotatable bonds is 9. The van der Waals surface area contributed by atoms with Gasteiger partial charge in [-0.2, -0.15) is 21.6 Å². The number of carbonyl (C=O) groups excluding carboxylic acids is 1. The fraction of sp³-hybridized carbons (Fsp3) is 0.348. The van der Waals surface area contributed by atoms with Crippen LogP contribution < -0.4 is 10.5 Å². The Morgan fingerprint density at radius 2 is 2.05 bits per heavy atom. The number of aliphatic hydroxyl groups excluding tert-OH is 1. The molecule has 4 N–H and O–H groups in total. The number of aromatic nitrogens is 3. The highest BCUT2D eigenvalue weighted by molar-refractivity contribution is 7.84. The molecule has 1 saturated carbocycles. The Labute approximate surface area is 210 Å². The largest absolute Gasteiger partial charge is 0.416 e. The lowest BCUT2D eigenvalue weighted by atomic mass is 10.1. The van der Waals surface area contributed by atoms with E-state index in [2.05, 4.69) is 19.5 Å². The number of alkyl halides is 3. The van der Waals surface area contributed by atoms with Crippen molar-refractivity contribution in [2.24, 2.45) is 11.1 Å². The minimum absolute atomic E-state index is 0.134. The van der Waals surface area contributed by atoms with Gasteiger partial charge in [0.05, 0.1) is 23.8 Å². The molecule has 1 aromatic carbocycles. The molecule has 3 atom stereocenters. The molecule has 0 bridgehead atoms. The quantitative estimate of drug-likeness (QED) is 0.351. The molecule has 0 unspecified atom stereocenters. The van der Waals surface area contributed by atoms with Gasteiger partial charge < -0.3 is 15.0 Å². The summed E-state index contributed by atoms with van der Waals surface area (Å²) in [6.07, 6.45) is 1.04. The van der Waals surface area contributed by atoms with Crippen LogP contribution in [0.5, 0.6) is 0 Å². The molecule has 1 aliphatic rings. The summed E-state index contributed by atoms with van der Waals surface area (Å²) in [7, 11) is -4.14. The van der Waals surface area contributed by atoms with Gasteiger partial charge in [0.15, 0.2) is 5.78 Å². The van der Waals surface area contributed by atoms with Gasteiger partial charge in [-0.25, -0.2) is 15.1 Å². The Bertz CT molecular complexity index is 1380. The molecule has 0 saturated heterocycles. The van der Waals surface area contributed by atoms with Crippen LogP contribution in [0.4, 0.5) is 19.0 Å². The van der Waals surface area contributed by atoms with E-state index in [1.165, 1.54) is 24.8 Å². The zero-order chi connectivity index (χ0) is 26.8. The summed E-state index contributed by atoms with van der Waals surface area (Å²) in [6.45, 7) is -0.136. The lowest BCUT2D eigenvalue weighted by Gasteiger charge is -2.15. The summed E-state index contributed by atoms with van der Waals surface area (Å²) in [5.74, 6) is -0.656. The Morgan fingerprint density at radius 1 is 1.27 bits per heavy atom. The van der Waals surface area contributed by atoms with Gasteiger partial charge in [0.2, 0.25) is 0 Å². The van der Waals surface area contributed by atoms with E-state index in [1.807, 2.05) is 0 Å². The molecule has 2 aromatic heterocycles. The van der Waals surface area contributed by atoms with Gasteiger partial charge in [0, 0.05) is 42.7 Å². The molecule has 0 radical (unpaired) electrons. The topological polar surface area (TPSA) is 149 Å². The Morgan fingerprint density at radius 3 is 2.78 bits per heavy atom. The molecular weight excluding hydrogens is 515 g/mol. The van der Waals surface area contributed by atoms with E-state index in [0.717, 1.165) is 12.1 Å². The zero-order valence-corrected chi connectivity index (χ0v) is 20.1. The highest BCUT2D eigenvalue weighted by Crippen LogP contribution is 2.31. The maximum Gasteiger partial charge on any atom is 0.416 e. The van der Waals surface area contributed by atoms with Gasteiger partial charge in [-0.3, -0.25) is 8.98 Å². The van der Waals surface area contributed by atoms with Crippen LogP contribution in [0.3, 0.4) is 0 Å². The van der Waals surface area contributed by atoms with Crippen LogP contribution in [0.1, 0.15) is 39.9 Å². The Kier molecular flexibility index (Phi) is 7.64. The van der Waals surface area contributed by atoms with Gasteiger partial charge in [-0.15, -0.1) is 0 Å². The lowest BCUT2D eigenvalue weighted by Crippen LogP contribution is -2.24. The van der Waals surface area contributed by atoms with Crippen molar-refractivity contribution < 1.29 is 35.7 Å². The normalized spacial score (nSPS) is 20.2. The lowest BCUT2D eigenvalue weighted by molar-refractivity contribution is -0.137. The summed E-state index contributed by atoms with van der Waals surface area (Å²) >= 11 is 0. The van der Waals surface area contributed by atoms with Crippen molar-refractivity contribution in [1.82, 2.24) is 14.5 Å². The van der Waals surface area contributed by atoms with E-state index in [4.69, 9.17) is 5.14 Å². The van der Waals surface area contributed by atoms with Crippen molar-refractivity contribution in [3.8, 4) is 0 Å². The van der Waals surface area contributed by atoms with Crippen LogP contribution in [0.2, 0.25) is 0 Å². The number of hydrogen-bond donors (Lipinski definition) is 3. The van der Waals surface area contributed by atoms with Crippen molar-refractivity contribution in [3.63, 3.8) is 0 Å². The monoisotopic (exact) mass is 539 g/mol. The first-order chi connectivity index (χ1) is 17.4. The molecule has 0 aliphatic heterocycles. The molecule has 37 heavy (non-hydrogen) atoms. The number of nitrogens with two attached hydrogens (primary N) is 1. The SMILES string of the molecule is NS(=O)(=O)OC[C@H]1C[C@@H](Nc2ncncc2C(=O)c2ccn(Cc3cccc(C(F)(F)F)c3)c2)C[C@@H]1O. The summed E-state index contributed by atoms with van der Waals surface area (Å²) in [4.78, 5) is 21.3. The number of nitrogens with one attached hydrogen (secondary N) is 1. The van der Waals surface area contributed by atoms with E-state index < -0.39 is 39.8 Å². The first kappa shape index (κ1) is 26.7. The number of hydrogen-bond acceptors (Lipinski definition) is 8. The highest BCUT2D eigenvalue weighted by atomic mass is 32.2. The number of benzene rings is 1. The van der Waals surface area contributed by atoms with Crippen LogP contribution >= 0.6 is 0 Å². The number of ketones is 1. The van der Waals surface area contributed by atoms with E-state index in [-0.39, 0.29) is 42.6 Å². The average Bonchev–Trinajstić information content (AvgIpc) is 3.43. The third-order valence-electron chi connectivity index (χ3n) is 6.03. The Balaban J connectivity index is 1.45. The summed E-state index contributed by atoms with van der Waals surface area (Å²) in [6, 6.07) is 6.19. The van der Waals surface area contributed by atoms with Crippen molar-refractivity contribution >= 4 is 21.9 Å². The van der Waals surface area contributed by atoms with Gasteiger partial charge in [0.25, 0.3) is 0 Å². The third kappa shape index (κ3) is 6.91.